The van der Waals surface area contributed by atoms with Crippen molar-refractivity contribution in [2.24, 2.45) is 0 Å². The lowest BCUT2D eigenvalue weighted by atomic mass is 10.2. The summed E-state index contributed by atoms with van der Waals surface area (Å²) < 4.78 is 5.27. The van der Waals surface area contributed by atoms with Crippen LogP contribution in [0, 0.1) is 0 Å². The van der Waals surface area contributed by atoms with Crippen LogP contribution in [0.15, 0.2) is 24.3 Å². The second-order valence-corrected chi connectivity index (χ2v) is 4.78. The van der Waals surface area contributed by atoms with Gasteiger partial charge in [-0.2, -0.15) is 0 Å². The first kappa shape index (κ1) is 15.7. The van der Waals surface area contributed by atoms with E-state index in [0.29, 0.717) is 5.11 Å². The van der Waals surface area contributed by atoms with Gasteiger partial charge in [0.1, 0.15) is 0 Å². The van der Waals surface area contributed by atoms with Crippen LogP contribution in [0.4, 0.5) is 11.4 Å². The summed E-state index contributed by atoms with van der Waals surface area (Å²) in [5.41, 5.74) is 2.14. The first-order valence-corrected chi connectivity index (χ1v) is 6.94. The van der Waals surface area contributed by atoms with E-state index in [9.17, 15) is 0 Å². The smallest absolute Gasteiger partial charge is 0.170 e. The van der Waals surface area contributed by atoms with Crippen molar-refractivity contribution in [3.63, 3.8) is 0 Å². The van der Waals surface area contributed by atoms with Gasteiger partial charge in [0.25, 0.3) is 0 Å². The van der Waals surface area contributed by atoms with Crippen LogP contribution in [-0.2, 0) is 4.74 Å². The number of hydrogen-bond donors (Lipinski definition) is 2. The zero-order valence-electron chi connectivity index (χ0n) is 11.9. The molecule has 0 fully saturated rings. The van der Waals surface area contributed by atoms with Crippen LogP contribution in [0.3, 0.4) is 0 Å². The molecule has 0 saturated carbocycles. The predicted molar refractivity (Wildman–Crippen MR) is 86.1 cm³/mol. The average Bonchev–Trinajstić information content (AvgIpc) is 2.38. The molecule has 5 heteroatoms. The summed E-state index contributed by atoms with van der Waals surface area (Å²) in [4.78, 5) is 2.06. The Balaban J connectivity index is 2.33. The molecule has 0 bridgehead atoms. The van der Waals surface area contributed by atoms with Gasteiger partial charge in [0.05, 0.1) is 0 Å². The molecule has 2 N–H and O–H groups in total. The van der Waals surface area contributed by atoms with Gasteiger partial charge in [-0.3, -0.25) is 0 Å². The molecular weight excluding hydrogens is 258 g/mol. The number of rotatable bonds is 7. The van der Waals surface area contributed by atoms with Crippen molar-refractivity contribution >= 4 is 28.7 Å². The third-order valence-corrected chi connectivity index (χ3v) is 2.82. The molecule has 0 aliphatic heterocycles. The minimum Gasteiger partial charge on any atom is -0.382 e. The lowest BCUT2D eigenvalue weighted by molar-refractivity contribution is 0.146. The summed E-state index contributed by atoms with van der Waals surface area (Å²) >= 11 is 5.25. The molecule has 19 heavy (non-hydrogen) atoms. The first-order chi connectivity index (χ1) is 9.13. The van der Waals surface area contributed by atoms with Crippen LogP contribution in [0.5, 0.6) is 0 Å². The van der Waals surface area contributed by atoms with Gasteiger partial charge in [0.15, 0.2) is 5.11 Å². The van der Waals surface area contributed by atoms with Gasteiger partial charge in [-0.05, 0) is 43.8 Å². The fourth-order valence-corrected chi connectivity index (χ4v) is 1.78. The van der Waals surface area contributed by atoms with Crippen molar-refractivity contribution in [3.8, 4) is 0 Å². The van der Waals surface area contributed by atoms with Crippen molar-refractivity contribution in [3.05, 3.63) is 24.3 Å². The van der Waals surface area contributed by atoms with Crippen LogP contribution >= 0.6 is 12.2 Å². The van der Waals surface area contributed by atoms with Gasteiger partial charge in [0, 0.05) is 45.2 Å². The van der Waals surface area contributed by atoms with Crippen LogP contribution in [0.25, 0.3) is 0 Å². The van der Waals surface area contributed by atoms with Crippen LogP contribution in [-0.4, -0.2) is 39.0 Å². The number of anilines is 2. The molecule has 1 rings (SSSR count). The van der Waals surface area contributed by atoms with Crippen molar-refractivity contribution in [2.75, 3.05) is 44.1 Å². The van der Waals surface area contributed by atoms with E-state index in [1.165, 1.54) is 0 Å². The van der Waals surface area contributed by atoms with Crippen molar-refractivity contribution in [1.29, 1.82) is 0 Å². The van der Waals surface area contributed by atoms with Crippen LogP contribution in [0.1, 0.15) is 13.3 Å². The molecule has 0 saturated heterocycles. The Kier molecular flexibility index (Phi) is 7.22. The summed E-state index contributed by atoms with van der Waals surface area (Å²) in [5, 5.41) is 6.99. The van der Waals surface area contributed by atoms with E-state index >= 15 is 0 Å². The quantitative estimate of drug-likeness (QED) is 0.593. The fourth-order valence-electron chi connectivity index (χ4n) is 1.56. The van der Waals surface area contributed by atoms with Gasteiger partial charge in [0.2, 0.25) is 0 Å². The molecule has 0 aliphatic carbocycles. The Morgan fingerprint density at radius 1 is 1.37 bits per heavy atom. The van der Waals surface area contributed by atoms with E-state index in [-0.39, 0.29) is 0 Å². The van der Waals surface area contributed by atoms with Crippen LogP contribution < -0.4 is 15.5 Å². The molecule has 0 heterocycles. The lowest BCUT2D eigenvalue weighted by Gasteiger charge is -2.15. The maximum atomic E-state index is 5.27. The lowest BCUT2D eigenvalue weighted by Crippen LogP contribution is -2.29. The van der Waals surface area contributed by atoms with E-state index in [4.69, 9.17) is 17.0 Å². The van der Waals surface area contributed by atoms with Crippen molar-refractivity contribution in [2.45, 2.75) is 13.3 Å². The fraction of sp³-hybridized carbons (Fsp3) is 0.500. The molecule has 0 aliphatic rings. The maximum absolute atomic E-state index is 5.27. The molecule has 0 spiro atoms. The Bertz CT molecular complexity index is 396. The highest BCUT2D eigenvalue weighted by Gasteiger charge is 2.00. The molecule has 1 aromatic carbocycles. The predicted octanol–water partition coefficient (Wildman–Crippen LogP) is 2.47. The topological polar surface area (TPSA) is 36.5 Å². The molecule has 0 aromatic heterocycles. The second-order valence-electron chi connectivity index (χ2n) is 4.38. The largest absolute Gasteiger partial charge is 0.382 e. The third-order valence-electron chi connectivity index (χ3n) is 2.58. The van der Waals surface area contributed by atoms with Gasteiger partial charge >= 0.3 is 0 Å². The highest BCUT2D eigenvalue weighted by molar-refractivity contribution is 7.80. The summed E-state index contributed by atoms with van der Waals surface area (Å²) in [5.74, 6) is 0. The Hall–Kier alpha value is -1.33. The maximum Gasteiger partial charge on any atom is 0.170 e. The third kappa shape index (κ3) is 6.40. The molecule has 0 amide bonds. The average molecular weight is 281 g/mol. The molecule has 0 atom stereocenters. The summed E-state index contributed by atoms with van der Waals surface area (Å²) in [6.07, 6.45) is 0.952. The van der Waals surface area contributed by atoms with Gasteiger partial charge < -0.3 is 20.3 Å². The molecule has 1 aromatic rings. The Morgan fingerprint density at radius 2 is 2.16 bits per heavy atom. The number of ether oxygens (including phenoxy) is 1. The summed E-state index contributed by atoms with van der Waals surface area (Å²) in [6, 6.07) is 8.13. The molecule has 4 nitrogen and oxygen atoms in total. The number of nitrogens with one attached hydrogen (secondary N) is 2. The molecule has 106 valence electrons. The van der Waals surface area contributed by atoms with Crippen molar-refractivity contribution in [1.82, 2.24) is 5.32 Å². The van der Waals surface area contributed by atoms with Crippen LogP contribution in [0.2, 0.25) is 0 Å². The van der Waals surface area contributed by atoms with E-state index in [1.807, 2.05) is 33.2 Å². The monoisotopic (exact) mass is 281 g/mol. The van der Waals surface area contributed by atoms with E-state index in [0.717, 1.165) is 37.6 Å². The molecular formula is C14H23N3OS. The molecule has 0 radical (unpaired) electrons. The minimum atomic E-state index is 0.646. The standard InChI is InChI=1S/C14H23N3OS/c1-4-18-10-6-9-15-14(19)16-12-7-5-8-13(11-12)17(2)3/h5,7-8,11H,4,6,9-10H2,1-3H3,(H2,15,16,19). The van der Waals surface area contributed by atoms with E-state index < -0.39 is 0 Å². The van der Waals surface area contributed by atoms with E-state index in [2.05, 4.69) is 27.7 Å². The van der Waals surface area contributed by atoms with Gasteiger partial charge in [-0.1, -0.05) is 6.07 Å². The highest BCUT2D eigenvalue weighted by Crippen LogP contribution is 2.16. The zero-order chi connectivity index (χ0) is 14.1. The number of nitrogens with zero attached hydrogens (tertiary/aromatic N) is 1. The minimum absolute atomic E-state index is 0.646. The summed E-state index contributed by atoms with van der Waals surface area (Å²) in [6.45, 7) is 4.35. The Morgan fingerprint density at radius 3 is 2.84 bits per heavy atom. The summed E-state index contributed by atoms with van der Waals surface area (Å²) in [7, 11) is 4.03. The zero-order valence-corrected chi connectivity index (χ0v) is 12.7. The Labute approximate surface area is 121 Å². The first-order valence-electron chi connectivity index (χ1n) is 6.53. The second kappa shape index (κ2) is 8.72. The molecule has 0 unspecified atom stereocenters. The van der Waals surface area contributed by atoms with Crippen molar-refractivity contribution < 1.29 is 4.74 Å². The van der Waals surface area contributed by atoms with Gasteiger partial charge in [-0.25, -0.2) is 0 Å². The number of thiocarbonyl (C=S) groups is 1. The number of hydrogen-bond acceptors (Lipinski definition) is 3. The van der Waals surface area contributed by atoms with Gasteiger partial charge in [-0.15, -0.1) is 0 Å². The van der Waals surface area contributed by atoms with E-state index in [1.54, 1.807) is 0 Å². The normalized spacial score (nSPS) is 10.1. The SMILES string of the molecule is CCOCCCNC(=S)Nc1cccc(N(C)C)c1. The highest BCUT2D eigenvalue weighted by atomic mass is 32.1. The number of benzene rings is 1.